The summed E-state index contributed by atoms with van der Waals surface area (Å²) >= 11 is 0. The molecule has 0 fully saturated rings. The topological polar surface area (TPSA) is 71.3 Å². The maximum atomic E-state index is 12.3. The third kappa shape index (κ3) is 4.14. The number of hydrogen-bond acceptors (Lipinski definition) is 4. The zero-order valence-electron chi connectivity index (χ0n) is 13.6. The van der Waals surface area contributed by atoms with E-state index in [1.165, 1.54) is 6.08 Å². The smallest absolute Gasteiger partial charge is 0.266 e. The van der Waals surface area contributed by atoms with Gasteiger partial charge in [0.15, 0.2) is 11.5 Å². The van der Waals surface area contributed by atoms with Crippen LogP contribution in [0.5, 0.6) is 11.5 Å². The predicted molar refractivity (Wildman–Crippen MR) is 92.8 cm³/mol. The molecule has 0 bridgehead atoms. The van der Waals surface area contributed by atoms with Crippen LogP contribution < -0.4 is 14.8 Å². The minimum absolute atomic E-state index is 0.0203. The second-order valence-corrected chi connectivity index (χ2v) is 4.80. The molecule has 0 spiro atoms. The Hall–Kier alpha value is -3.26. The molecule has 2 aromatic carbocycles. The van der Waals surface area contributed by atoms with Crippen LogP contribution in [0.2, 0.25) is 0 Å². The van der Waals surface area contributed by atoms with Gasteiger partial charge in [0.25, 0.3) is 5.91 Å². The second kappa shape index (κ2) is 8.39. The molecule has 2 aromatic rings. The Bertz CT molecular complexity index is 777. The van der Waals surface area contributed by atoms with Gasteiger partial charge in [0.05, 0.1) is 13.7 Å². The lowest BCUT2D eigenvalue weighted by molar-refractivity contribution is -0.112. The molecule has 1 amide bonds. The Labute approximate surface area is 141 Å². The molecule has 24 heavy (non-hydrogen) atoms. The number of nitrogens with zero attached hydrogens (tertiary/aromatic N) is 1. The normalized spacial score (nSPS) is 10.6. The van der Waals surface area contributed by atoms with Gasteiger partial charge in [-0.25, -0.2) is 0 Å². The highest BCUT2D eigenvalue weighted by Gasteiger charge is 2.13. The number of methoxy groups -OCH3 is 1. The Morgan fingerprint density at radius 2 is 1.96 bits per heavy atom. The summed E-state index contributed by atoms with van der Waals surface area (Å²) in [5.74, 6) is 0.572. The molecule has 0 aliphatic heterocycles. The Morgan fingerprint density at radius 1 is 1.21 bits per heavy atom. The van der Waals surface area contributed by atoms with E-state index in [2.05, 4.69) is 5.32 Å². The highest BCUT2D eigenvalue weighted by Crippen LogP contribution is 2.32. The molecule has 0 aliphatic carbocycles. The van der Waals surface area contributed by atoms with Gasteiger partial charge in [-0.15, -0.1) is 0 Å². The molecule has 0 saturated carbocycles. The van der Waals surface area contributed by atoms with E-state index < -0.39 is 5.91 Å². The first kappa shape index (κ1) is 17.1. The minimum Gasteiger partial charge on any atom is -0.493 e. The number of carbonyl (C=O) groups excluding carboxylic acids is 1. The van der Waals surface area contributed by atoms with Crippen LogP contribution in [0, 0.1) is 11.3 Å². The Morgan fingerprint density at radius 3 is 2.58 bits per heavy atom. The van der Waals surface area contributed by atoms with Crippen LogP contribution in [0.1, 0.15) is 12.5 Å². The molecule has 1 N–H and O–H groups in total. The van der Waals surface area contributed by atoms with Crippen molar-refractivity contribution < 1.29 is 14.3 Å². The number of anilines is 1. The lowest BCUT2D eigenvalue weighted by Gasteiger charge is -2.12. The van der Waals surface area contributed by atoms with Crippen LogP contribution in [-0.2, 0) is 4.79 Å². The van der Waals surface area contributed by atoms with E-state index in [4.69, 9.17) is 9.47 Å². The molecule has 0 heterocycles. The fourth-order valence-electron chi connectivity index (χ4n) is 2.13. The van der Waals surface area contributed by atoms with Gasteiger partial charge in [-0.2, -0.15) is 5.26 Å². The van der Waals surface area contributed by atoms with Gasteiger partial charge in [-0.3, -0.25) is 4.79 Å². The summed E-state index contributed by atoms with van der Waals surface area (Å²) in [5.41, 5.74) is 1.21. The van der Waals surface area contributed by atoms with Crippen LogP contribution >= 0.6 is 0 Å². The molecular weight excluding hydrogens is 304 g/mol. The molecule has 0 radical (unpaired) electrons. The van der Waals surface area contributed by atoms with Crippen molar-refractivity contribution in [1.82, 2.24) is 0 Å². The number of benzene rings is 2. The number of para-hydroxylation sites is 2. The number of nitrogens with one attached hydrogen (secondary N) is 1. The predicted octanol–water partition coefficient (Wildman–Crippen LogP) is 3.64. The number of amides is 1. The lowest BCUT2D eigenvalue weighted by atomic mass is 10.1. The molecule has 0 aliphatic rings. The maximum absolute atomic E-state index is 12.3. The third-order valence-electron chi connectivity index (χ3n) is 3.21. The third-order valence-corrected chi connectivity index (χ3v) is 3.21. The highest BCUT2D eigenvalue weighted by atomic mass is 16.5. The molecule has 0 atom stereocenters. The molecule has 2 rings (SSSR count). The average molecular weight is 322 g/mol. The largest absolute Gasteiger partial charge is 0.493 e. The number of hydrogen-bond donors (Lipinski definition) is 1. The summed E-state index contributed by atoms with van der Waals surface area (Å²) in [7, 11) is 1.54. The van der Waals surface area contributed by atoms with E-state index in [1.54, 1.807) is 49.6 Å². The Balaban J connectivity index is 2.33. The van der Waals surface area contributed by atoms with Crippen molar-refractivity contribution in [2.45, 2.75) is 6.92 Å². The van der Waals surface area contributed by atoms with E-state index in [1.807, 2.05) is 19.1 Å². The van der Waals surface area contributed by atoms with Crippen LogP contribution in [0.25, 0.3) is 6.08 Å². The Kier molecular flexibility index (Phi) is 5.98. The fraction of sp³-hybridized carbons (Fsp3) is 0.158. The molecule has 0 unspecified atom stereocenters. The fourth-order valence-corrected chi connectivity index (χ4v) is 2.13. The first-order chi connectivity index (χ1) is 11.7. The van der Waals surface area contributed by atoms with Crippen LogP contribution in [0.3, 0.4) is 0 Å². The number of carbonyl (C=O) groups is 1. The van der Waals surface area contributed by atoms with Crippen molar-refractivity contribution in [2.24, 2.45) is 0 Å². The van der Waals surface area contributed by atoms with Gasteiger partial charge >= 0.3 is 0 Å². The summed E-state index contributed by atoms with van der Waals surface area (Å²) in [6.07, 6.45) is 1.49. The zero-order chi connectivity index (χ0) is 17.4. The van der Waals surface area contributed by atoms with Gasteiger partial charge in [0.2, 0.25) is 0 Å². The van der Waals surface area contributed by atoms with Crippen molar-refractivity contribution in [1.29, 1.82) is 5.26 Å². The molecule has 122 valence electrons. The number of ether oxygens (including phenoxy) is 2. The first-order valence-electron chi connectivity index (χ1n) is 7.47. The summed E-state index contributed by atoms with van der Waals surface area (Å²) in [4.78, 5) is 12.3. The van der Waals surface area contributed by atoms with Crippen LogP contribution in [-0.4, -0.2) is 19.6 Å². The average Bonchev–Trinajstić information content (AvgIpc) is 2.61. The van der Waals surface area contributed by atoms with Gasteiger partial charge in [-0.05, 0) is 31.2 Å². The summed E-state index contributed by atoms with van der Waals surface area (Å²) in [6, 6.07) is 16.2. The molecular formula is C19H18N2O3. The SMILES string of the molecule is CCOc1c(/C=C(/C#N)C(=O)Nc2ccccc2)cccc1OC. The first-order valence-corrected chi connectivity index (χ1v) is 7.47. The van der Waals surface area contributed by atoms with Crippen molar-refractivity contribution >= 4 is 17.7 Å². The summed E-state index contributed by atoms with van der Waals surface area (Å²) in [5, 5.41) is 12.0. The van der Waals surface area contributed by atoms with E-state index >= 15 is 0 Å². The monoisotopic (exact) mass is 322 g/mol. The van der Waals surface area contributed by atoms with Crippen LogP contribution in [0.15, 0.2) is 54.1 Å². The van der Waals surface area contributed by atoms with Gasteiger partial charge in [0.1, 0.15) is 11.6 Å². The van der Waals surface area contributed by atoms with E-state index in [9.17, 15) is 10.1 Å². The summed E-state index contributed by atoms with van der Waals surface area (Å²) in [6.45, 7) is 2.30. The van der Waals surface area contributed by atoms with Crippen molar-refractivity contribution in [3.05, 3.63) is 59.7 Å². The van der Waals surface area contributed by atoms with E-state index in [0.717, 1.165) is 0 Å². The van der Waals surface area contributed by atoms with Gasteiger partial charge < -0.3 is 14.8 Å². The van der Waals surface area contributed by atoms with Crippen molar-refractivity contribution in [3.8, 4) is 17.6 Å². The second-order valence-electron chi connectivity index (χ2n) is 4.80. The van der Waals surface area contributed by atoms with Crippen molar-refractivity contribution in [3.63, 3.8) is 0 Å². The highest BCUT2D eigenvalue weighted by molar-refractivity contribution is 6.09. The van der Waals surface area contributed by atoms with Crippen molar-refractivity contribution in [2.75, 3.05) is 19.0 Å². The molecule has 5 heteroatoms. The molecule has 0 aromatic heterocycles. The number of nitriles is 1. The minimum atomic E-state index is -0.478. The lowest BCUT2D eigenvalue weighted by Crippen LogP contribution is -2.13. The van der Waals surface area contributed by atoms with Gasteiger partial charge in [0, 0.05) is 11.3 Å². The zero-order valence-corrected chi connectivity index (χ0v) is 13.6. The number of rotatable bonds is 6. The van der Waals surface area contributed by atoms with E-state index in [0.29, 0.717) is 29.4 Å². The molecule has 5 nitrogen and oxygen atoms in total. The van der Waals surface area contributed by atoms with Crippen LogP contribution in [0.4, 0.5) is 5.69 Å². The maximum Gasteiger partial charge on any atom is 0.266 e. The standard InChI is InChI=1S/C19H18N2O3/c1-3-24-18-14(8-7-11-17(18)23-2)12-15(13-20)19(22)21-16-9-5-4-6-10-16/h4-12H,3H2,1-2H3,(H,21,22)/b15-12-. The van der Waals surface area contributed by atoms with E-state index in [-0.39, 0.29) is 5.57 Å². The quantitative estimate of drug-likeness (QED) is 0.651. The molecule has 0 saturated heterocycles. The summed E-state index contributed by atoms with van der Waals surface area (Å²) < 4.78 is 10.9. The van der Waals surface area contributed by atoms with Gasteiger partial charge in [-0.1, -0.05) is 30.3 Å².